The summed E-state index contributed by atoms with van der Waals surface area (Å²) in [6.07, 6.45) is 8.51. The number of rotatable bonds is 5. The van der Waals surface area contributed by atoms with Crippen molar-refractivity contribution in [2.75, 3.05) is 11.9 Å². The molecule has 8 nitrogen and oxygen atoms in total. The van der Waals surface area contributed by atoms with Gasteiger partial charge in [0.1, 0.15) is 29.2 Å². The molecular formula is C26H27N7O. The number of fused-ring (bicyclic) bond motifs is 2. The molecule has 0 radical (unpaired) electrons. The fourth-order valence-electron chi connectivity index (χ4n) is 5.28. The van der Waals surface area contributed by atoms with Crippen LogP contribution in [0.1, 0.15) is 44.5 Å². The van der Waals surface area contributed by atoms with E-state index in [0.717, 1.165) is 57.3 Å². The number of nitrogens with zero attached hydrogens (tertiary/aromatic N) is 7. The summed E-state index contributed by atoms with van der Waals surface area (Å²) < 4.78 is 2.07. The smallest absolute Gasteiger partial charge is 0.237 e. The molecule has 3 aromatic heterocycles. The van der Waals surface area contributed by atoms with Gasteiger partial charge in [-0.2, -0.15) is 0 Å². The highest BCUT2D eigenvalue weighted by Crippen LogP contribution is 2.50. The minimum atomic E-state index is -0.499. The fraction of sp³-hybridized carbons (Fsp3) is 0.385. The van der Waals surface area contributed by atoms with Crippen molar-refractivity contribution < 1.29 is 4.79 Å². The van der Waals surface area contributed by atoms with Gasteiger partial charge >= 0.3 is 0 Å². The zero-order valence-corrected chi connectivity index (χ0v) is 19.9. The summed E-state index contributed by atoms with van der Waals surface area (Å²) in [5.74, 6) is 2.31. The van der Waals surface area contributed by atoms with Crippen LogP contribution in [0.15, 0.2) is 36.9 Å². The standard InChI is InChI=1S/C26H27N7O/c1-5-33-23(18-12-27-15(2)28-13-18)31-22-21(29-14-30-24(22)33)17-8-9-20-19(10-17)26(3,11-16-6-7-16)25(34)32(20)4/h8-10,12-14,16H,5-7,11H2,1-4H3/t26-/m0/s1. The lowest BCUT2D eigenvalue weighted by Crippen LogP contribution is -2.36. The van der Waals surface area contributed by atoms with E-state index in [0.29, 0.717) is 12.5 Å². The Balaban J connectivity index is 1.51. The number of likely N-dealkylation sites (N-methyl/N-ethyl adjacent to an activating group) is 1. The summed E-state index contributed by atoms with van der Waals surface area (Å²) in [5.41, 5.74) is 5.64. The second-order valence-electron chi connectivity index (χ2n) is 9.67. The second-order valence-corrected chi connectivity index (χ2v) is 9.67. The van der Waals surface area contributed by atoms with Gasteiger partial charge in [0.25, 0.3) is 0 Å². The number of hydrogen-bond donors (Lipinski definition) is 0. The first-order valence-electron chi connectivity index (χ1n) is 11.8. The minimum absolute atomic E-state index is 0.177. The van der Waals surface area contributed by atoms with Crippen molar-refractivity contribution >= 4 is 22.8 Å². The van der Waals surface area contributed by atoms with E-state index in [4.69, 9.17) is 4.98 Å². The SMILES string of the molecule is CCn1c(-c2cnc(C)nc2)nc2c(-c3ccc4c(c3)[C@](C)(CC3CC3)C(=O)N4C)ncnc21. The first kappa shape index (κ1) is 20.9. The summed E-state index contributed by atoms with van der Waals surface area (Å²) >= 11 is 0. The van der Waals surface area contributed by atoms with Gasteiger partial charge in [-0.1, -0.05) is 18.9 Å². The number of imidazole rings is 1. The van der Waals surface area contributed by atoms with Gasteiger partial charge in [0, 0.05) is 37.2 Å². The quantitative estimate of drug-likeness (QED) is 0.447. The number of hydrogen-bond acceptors (Lipinski definition) is 6. The van der Waals surface area contributed by atoms with Gasteiger partial charge in [0.15, 0.2) is 5.65 Å². The van der Waals surface area contributed by atoms with Crippen LogP contribution in [0.2, 0.25) is 0 Å². The second kappa shape index (κ2) is 7.41. The van der Waals surface area contributed by atoms with E-state index in [1.807, 2.05) is 26.1 Å². The largest absolute Gasteiger partial charge is 0.314 e. The highest BCUT2D eigenvalue weighted by molar-refractivity contribution is 6.08. The molecular weight excluding hydrogens is 426 g/mol. The summed E-state index contributed by atoms with van der Waals surface area (Å²) in [7, 11) is 1.88. The first-order valence-corrected chi connectivity index (χ1v) is 11.8. The van der Waals surface area contributed by atoms with Gasteiger partial charge < -0.3 is 9.47 Å². The summed E-state index contributed by atoms with van der Waals surface area (Å²) in [6.45, 7) is 6.74. The van der Waals surface area contributed by atoms with E-state index >= 15 is 0 Å². The molecule has 0 bridgehead atoms. The summed E-state index contributed by atoms with van der Waals surface area (Å²) in [5, 5.41) is 0. The Morgan fingerprint density at radius 2 is 1.85 bits per heavy atom. The molecule has 2 aliphatic rings. The van der Waals surface area contributed by atoms with Crippen molar-refractivity contribution in [3.8, 4) is 22.6 Å². The molecule has 1 amide bonds. The molecule has 1 aliphatic carbocycles. The van der Waals surface area contributed by atoms with E-state index in [-0.39, 0.29) is 5.91 Å². The van der Waals surface area contributed by atoms with Crippen molar-refractivity contribution in [1.29, 1.82) is 0 Å². The average Bonchev–Trinajstić information content (AvgIpc) is 3.55. The summed E-state index contributed by atoms with van der Waals surface area (Å²) in [4.78, 5) is 37.9. The van der Waals surface area contributed by atoms with Crippen molar-refractivity contribution in [3.63, 3.8) is 0 Å². The van der Waals surface area contributed by atoms with E-state index in [9.17, 15) is 4.79 Å². The molecule has 0 unspecified atom stereocenters. The molecule has 34 heavy (non-hydrogen) atoms. The van der Waals surface area contributed by atoms with Gasteiger partial charge in [-0.25, -0.2) is 24.9 Å². The van der Waals surface area contributed by atoms with Crippen molar-refractivity contribution in [1.82, 2.24) is 29.5 Å². The molecule has 1 aromatic carbocycles. The van der Waals surface area contributed by atoms with Crippen molar-refractivity contribution in [3.05, 3.63) is 48.3 Å². The van der Waals surface area contributed by atoms with Crippen LogP contribution in [-0.4, -0.2) is 42.4 Å². The third-order valence-electron chi connectivity index (χ3n) is 7.28. The Hall–Kier alpha value is -3.68. The number of amides is 1. The van der Waals surface area contributed by atoms with Gasteiger partial charge in [-0.3, -0.25) is 4.79 Å². The van der Waals surface area contributed by atoms with Crippen LogP contribution >= 0.6 is 0 Å². The van der Waals surface area contributed by atoms with E-state index in [1.165, 1.54) is 12.8 Å². The van der Waals surface area contributed by atoms with Gasteiger partial charge in [-0.15, -0.1) is 0 Å². The number of carbonyl (C=O) groups excluding carboxylic acids is 1. The predicted octanol–water partition coefficient (Wildman–Crippen LogP) is 4.31. The number of aromatic nitrogens is 6. The Bertz CT molecular complexity index is 1440. The van der Waals surface area contributed by atoms with Gasteiger partial charge in [-0.05, 0) is 50.8 Å². The molecule has 1 atom stereocenters. The zero-order valence-electron chi connectivity index (χ0n) is 19.9. The summed E-state index contributed by atoms with van der Waals surface area (Å²) in [6, 6.07) is 6.22. The molecule has 0 saturated heterocycles. The average molecular weight is 454 g/mol. The molecule has 172 valence electrons. The molecule has 4 heterocycles. The van der Waals surface area contributed by atoms with Gasteiger partial charge in [0.05, 0.1) is 11.0 Å². The van der Waals surface area contributed by atoms with Crippen LogP contribution < -0.4 is 4.90 Å². The fourth-order valence-corrected chi connectivity index (χ4v) is 5.28. The predicted molar refractivity (Wildman–Crippen MR) is 130 cm³/mol. The maximum atomic E-state index is 13.2. The van der Waals surface area contributed by atoms with Crippen molar-refractivity contribution in [2.24, 2.45) is 5.92 Å². The monoisotopic (exact) mass is 453 g/mol. The number of anilines is 1. The van der Waals surface area contributed by atoms with Crippen LogP contribution in [0, 0.1) is 12.8 Å². The Morgan fingerprint density at radius 3 is 2.56 bits per heavy atom. The van der Waals surface area contributed by atoms with E-state index in [1.54, 1.807) is 23.6 Å². The highest BCUT2D eigenvalue weighted by atomic mass is 16.2. The molecule has 8 heteroatoms. The topological polar surface area (TPSA) is 89.7 Å². The Morgan fingerprint density at radius 1 is 1.09 bits per heavy atom. The number of aryl methyl sites for hydroxylation is 2. The maximum absolute atomic E-state index is 13.2. The Labute approximate surface area is 198 Å². The Kier molecular flexibility index (Phi) is 4.56. The number of benzene rings is 1. The molecule has 1 saturated carbocycles. The molecule has 1 fully saturated rings. The maximum Gasteiger partial charge on any atom is 0.237 e. The van der Waals surface area contributed by atoms with Crippen LogP contribution in [0.5, 0.6) is 0 Å². The molecule has 0 spiro atoms. The number of carbonyl (C=O) groups is 1. The lowest BCUT2D eigenvalue weighted by molar-refractivity contribution is -0.122. The highest BCUT2D eigenvalue weighted by Gasteiger charge is 2.48. The van der Waals surface area contributed by atoms with Crippen LogP contribution in [0.3, 0.4) is 0 Å². The zero-order chi connectivity index (χ0) is 23.6. The third-order valence-corrected chi connectivity index (χ3v) is 7.28. The normalized spacial score (nSPS) is 19.8. The molecule has 0 N–H and O–H groups in total. The molecule has 4 aromatic rings. The van der Waals surface area contributed by atoms with Crippen molar-refractivity contribution in [2.45, 2.75) is 52.0 Å². The van der Waals surface area contributed by atoms with E-state index in [2.05, 4.69) is 44.4 Å². The lowest BCUT2D eigenvalue weighted by atomic mass is 9.78. The van der Waals surface area contributed by atoms with Crippen LogP contribution in [0.4, 0.5) is 5.69 Å². The van der Waals surface area contributed by atoms with E-state index < -0.39 is 5.41 Å². The first-order chi connectivity index (χ1) is 16.4. The molecule has 1 aliphatic heterocycles. The van der Waals surface area contributed by atoms with Crippen LogP contribution in [0.25, 0.3) is 33.8 Å². The minimum Gasteiger partial charge on any atom is -0.314 e. The lowest BCUT2D eigenvalue weighted by Gasteiger charge is -2.23. The van der Waals surface area contributed by atoms with Gasteiger partial charge in [0.2, 0.25) is 5.91 Å². The third kappa shape index (κ3) is 3.04. The van der Waals surface area contributed by atoms with Crippen LogP contribution in [-0.2, 0) is 16.8 Å². The molecule has 6 rings (SSSR count).